The first-order valence-electron chi connectivity index (χ1n) is 11.1. The van der Waals surface area contributed by atoms with Crippen LogP contribution in [0.15, 0.2) is 97.3 Å². The molecular weight excluding hydrogens is 408 g/mol. The van der Waals surface area contributed by atoms with Gasteiger partial charge in [-0.05, 0) is 54.3 Å². The molecule has 0 aliphatic heterocycles. The number of rotatable bonds is 8. The summed E-state index contributed by atoms with van der Waals surface area (Å²) in [5.74, 6) is 0.744. The summed E-state index contributed by atoms with van der Waals surface area (Å²) in [7, 11) is 0. The summed E-state index contributed by atoms with van der Waals surface area (Å²) in [5.41, 5.74) is 6.50. The lowest BCUT2D eigenvalue weighted by Crippen LogP contribution is -2.31. The van der Waals surface area contributed by atoms with Crippen LogP contribution in [0.5, 0.6) is 5.75 Å². The van der Waals surface area contributed by atoms with Gasteiger partial charge in [0.1, 0.15) is 12.4 Å². The third-order valence-electron chi connectivity index (χ3n) is 5.59. The molecule has 1 amide bonds. The predicted octanol–water partition coefficient (Wildman–Crippen LogP) is 5.73. The number of benzene rings is 3. The Bertz CT molecular complexity index is 1190. The van der Waals surface area contributed by atoms with Crippen molar-refractivity contribution in [3.05, 3.63) is 131 Å². The van der Waals surface area contributed by atoms with Gasteiger partial charge in [-0.3, -0.25) is 9.78 Å². The Morgan fingerprint density at radius 2 is 1.70 bits per heavy atom. The minimum absolute atomic E-state index is 0.0205. The van der Waals surface area contributed by atoms with E-state index in [0.717, 1.165) is 28.0 Å². The molecule has 33 heavy (non-hydrogen) atoms. The summed E-state index contributed by atoms with van der Waals surface area (Å²) in [4.78, 5) is 17.1. The molecule has 0 saturated heterocycles. The van der Waals surface area contributed by atoms with Crippen molar-refractivity contribution >= 4 is 5.91 Å². The van der Waals surface area contributed by atoms with Crippen LogP contribution in [-0.2, 0) is 17.8 Å². The van der Waals surface area contributed by atoms with E-state index in [0.29, 0.717) is 13.0 Å². The molecule has 0 bridgehead atoms. The Morgan fingerprint density at radius 1 is 0.909 bits per heavy atom. The Labute approximate surface area is 195 Å². The largest absolute Gasteiger partial charge is 0.489 e. The Hall–Kier alpha value is -3.92. The average molecular weight is 437 g/mol. The molecule has 0 fully saturated rings. The fourth-order valence-corrected chi connectivity index (χ4v) is 3.89. The fraction of sp³-hybridized carbons (Fsp3) is 0.172. The van der Waals surface area contributed by atoms with Crippen LogP contribution in [0.1, 0.15) is 39.4 Å². The highest BCUT2D eigenvalue weighted by atomic mass is 16.5. The average Bonchev–Trinajstić information content (AvgIpc) is 2.84. The van der Waals surface area contributed by atoms with Crippen molar-refractivity contribution in [2.24, 2.45) is 0 Å². The molecule has 0 aliphatic rings. The highest BCUT2D eigenvalue weighted by Gasteiger charge is 2.19. The number of carbonyl (C=O) groups is 1. The zero-order chi connectivity index (χ0) is 23.0. The van der Waals surface area contributed by atoms with Gasteiger partial charge in [0, 0.05) is 18.0 Å². The molecule has 1 heterocycles. The highest BCUT2D eigenvalue weighted by molar-refractivity contribution is 5.79. The summed E-state index contributed by atoms with van der Waals surface area (Å²) in [6.45, 7) is 4.63. The Morgan fingerprint density at radius 3 is 2.39 bits per heavy atom. The van der Waals surface area contributed by atoms with Gasteiger partial charge in [0.05, 0.1) is 12.5 Å². The number of amides is 1. The van der Waals surface area contributed by atoms with E-state index in [-0.39, 0.29) is 11.9 Å². The lowest BCUT2D eigenvalue weighted by molar-refractivity contribution is -0.120. The summed E-state index contributed by atoms with van der Waals surface area (Å²) in [6.07, 6.45) is 3.83. The minimum Gasteiger partial charge on any atom is -0.489 e. The second kappa shape index (κ2) is 10.6. The molecule has 1 N–H and O–H groups in total. The van der Waals surface area contributed by atoms with Crippen molar-refractivity contribution in [2.45, 2.75) is 32.9 Å². The third-order valence-corrected chi connectivity index (χ3v) is 5.59. The van der Waals surface area contributed by atoms with Crippen molar-refractivity contribution in [3.63, 3.8) is 0 Å². The van der Waals surface area contributed by atoms with E-state index >= 15 is 0 Å². The van der Waals surface area contributed by atoms with Crippen molar-refractivity contribution in [1.29, 1.82) is 0 Å². The molecule has 4 aromatic rings. The standard InChI is InChI=1S/C29H28N2O2/c1-21-10-15-27(22(2)17-21)29(25-8-4-3-5-9-25)31-28(32)18-23-11-13-26(14-12-23)33-20-24-7-6-16-30-19-24/h3-17,19,29H,18,20H2,1-2H3,(H,31,32). The van der Waals surface area contributed by atoms with E-state index in [1.165, 1.54) is 11.1 Å². The molecule has 3 aromatic carbocycles. The van der Waals surface area contributed by atoms with E-state index in [4.69, 9.17) is 4.74 Å². The molecule has 4 heteroatoms. The summed E-state index contributed by atoms with van der Waals surface area (Å²) in [6, 6.07) is 27.8. The van der Waals surface area contributed by atoms with Crippen LogP contribution >= 0.6 is 0 Å². The topological polar surface area (TPSA) is 51.2 Å². The third kappa shape index (κ3) is 6.07. The highest BCUT2D eigenvalue weighted by Crippen LogP contribution is 2.26. The molecule has 0 radical (unpaired) electrons. The van der Waals surface area contributed by atoms with Crippen molar-refractivity contribution in [1.82, 2.24) is 10.3 Å². The van der Waals surface area contributed by atoms with Gasteiger partial charge >= 0.3 is 0 Å². The molecule has 1 atom stereocenters. The molecule has 166 valence electrons. The summed E-state index contributed by atoms with van der Waals surface area (Å²) < 4.78 is 5.81. The van der Waals surface area contributed by atoms with E-state index in [2.05, 4.69) is 54.5 Å². The quantitative estimate of drug-likeness (QED) is 0.384. The van der Waals surface area contributed by atoms with E-state index in [1.807, 2.05) is 54.6 Å². The first-order valence-corrected chi connectivity index (χ1v) is 11.1. The second-order valence-corrected chi connectivity index (χ2v) is 8.24. The minimum atomic E-state index is -0.193. The van der Waals surface area contributed by atoms with Crippen LogP contribution in [0, 0.1) is 13.8 Å². The van der Waals surface area contributed by atoms with E-state index in [9.17, 15) is 4.79 Å². The number of hydrogen-bond donors (Lipinski definition) is 1. The Balaban J connectivity index is 1.43. The molecule has 0 aliphatic carbocycles. The number of nitrogens with zero attached hydrogens (tertiary/aromatic N) is 1. The normalized spacial score (nSPS) is 11.6. The summed E-state index contributed by atoms with van der Waals surface area (Å²) >= 11 is 0. The molecule has 1 aromatic heterocycles. The van der Waals surface area contributed by atoms with Gasteiger partial charge < -0.3 is 10.1 Å². The maximum absolute atomic E-state index is 13.0. The smallest absolute Gasteiger partial charge is 0.225 e. The fourth-order valence-electron chi connectivity index (χ4n) is 3.89. The number of nitrogens with one attached hydrogen (secondary N) is 1. The Kier molecular flexibility index (Phi) is 7.16. The van der Waals surface area contributed by atoms with Crippen LogP contribution in [0.2, 0.25) is 0 Å². The van der Waals surface area contributed by atoms with Crippen molar-refractivity contribution < 1.29 is 9.53 Å². The van der Waals surface area contributed by atoms with Crippen LogP contribution in [0.25, 0.3) is 0 Å². The number of aromatic nitrogens is 1. The van der Waals surface area contributed by atoms with E-state index < -0.39 is 0 Å². The zero-order valence-electron chi connectivity index (χ0n) is 19.0. The summed E-state index contributed by atoms with van der Waals surface area (Å²) in [5, 5.41) is 3.24. The number of ether oxygens (including phenoxy) is 1. The number of carbonyl (C=O) groups excluding carboxylic acids is 1. The van der Waals surface area contributed by atoms with Gasteiger partial charge in [-0.25, -0.2) is 0 Å². The molecule has 4 rings (SSSR count). The lowest BCUT2D eigenvalue weighted by atomic mass is 9.93. The number of pyridine rings is 1. The molecular formula is C29H28N2O2. The maximum atomic E-state index is 13.0. The van der Waals surface area contributed by atoms with E-state index in [1.54, 1.807) is 12.4 Å². The van der Waals surface area contributed by atoms with Crippen molar-refractivity contribution in [3.8, 4) is 5.75 Å². The van der Waals surface area contributed by atoms with Crippen LogP contribution in [0.3, 0.4) is 0 Å². The van der Waals surface area contributed by atoms with Crippen LogP contribution < -0.4 is 10.1 Å². The monoisotopic (exact) mass is 436 g/mol. The van der Waals surface area contributed by atoms with Crippen LogP contribution in [-0.4, -0.2) is 10.9 Å². The zero-order valence-corrected chi connectivity index (χ0v) is 19.0. The van der Waals surface area contributed by atoms with Gasteiger partial charge in [0.15, 0.2) is 0 Å². The second-order valence-electron chi connectivity index (χ2n) is 8.24. The molecule has 0 saturated carbocycles. The van der Waals surface area contributed by atoms with Gasteiger partial charge in [-0.15, -0.1) is 0 Å². The number of hydrogen-bond acceptors (Lipinski definition) is 3. The van der Waals surface area contributed by atoms with Crippen LogP contribution in [0.4, 0.5) is 0 Å². The van der Waals surface area contributed by atoms with Gasteiger partial charge in [0.25, 0.3) is 0 Å². The molecule has 1 unspecified atom stereocenters. The van der Waals surface area contributed by atoms with Gasteiger partial charge in [0.2, 0.25) is 5.91 Å². The van der Waals surface area contributed by atoms with Gasteiger partial charge in [-0.2, -0.15) is 0 Å². The maximum Gasteiger partial charge on any atom is 0.225 e. The first-order chi connectivity index (χ1) is 16.1. The first kappa shape index (κ1) is 22.3. The molecule has 0 spiro atoms. The molecule has 4 nitrogen and oxygen atoms in total. The lowest BCUT2D eigenvalue weighted by Gasteiger charge is -2.22. The SMILES string of the molecule is Cc1ccc(C(NC(=O)Cc2ccc(OCc3cccnc3)cc2)c2ccccc2)c(C)c1. The number of aryl methyl sites for hydroxylation is 2. The van der Waals surface area contributed by atoms with Crippen molar-refractivity contribution in [2.75, 3.05) is 0 Å². The van der Waals surface area contributed by atoms with Gasteiger partial charge in [-0.1, -0.05) is 72.3 Å². The predicted molar refractivity (Wildman–Crippen MR) is 131 cm³/mol.